The largest absolute Gasteiger partial charge is 0.347 e. The molecule has 26 heavy (non-hydrogen) atoms. The third-order valence-electron chi connectivity index (χ3n) is 4.76. The standard InChI is InChI=1S/C19H17ClN4O2/c20-16-6-13-7-17(21-11-25)19(26)24(9-12-4-2-1-3-5-12)10-15(13)14-8-22-23-18(14)16/h1-6,8,11,17H,7,9-10H2,(H,21,25)(H,22,23)/t17-/m1/s1. The van der Waals surface area contributed by atoms with E-state index in [4.69, 9.17) is 11.6 Å². The second-order valence-electron chi connectivity index (χ2n) is 6.38. The number of hydrogen-bond donors (Lipinski definition) is 2. The molecule has 7 heteroatoms. The molecule has 1 aliphatic heterocycles. The van der Waals surface area contributed by atoms with Crippen molar-refractivity contribution in [3.8, 4) is 0 Å². The van der Waals surface area contributed by atoms with Crippen LogP contribution in [0.5, 0.6) is 0 Å². The summed E-state index contributed by atoms with van der Waals surface area (Å²) in [6.07, 6.45) is 2.71. The second-order valence-corrected chi connectivity index (χ2v) is 6.78. The van der Waals surface area contributed by atoms with Crippen molar-refractivity contribution in [2.45, 2.75) is 25.6 Å². The Labute approximate surface area is 155 Å². The van der Waals surface area contributed by atoms with E-state index in [1.54, 1.807) is 11.1 Å². The number of fused-ring (bicyclic) bond motifs is 3. The van der Waals surface area contributed by atoms with Crippen LogP contribution >= 0.6 is 11.6 Å². The van der Waals surface area contributed by atoms with Crippen LogP contribution in [0, 0.1) is 0 Å². The molecule has 1 aliphatic rings. The summed E-state index contributed by atoms with van der Waals surface area (Å²) in [5.41, 5.74) is 3.76. The topological polar surface area (TPSA) is 78.1 Å². The predicted molar refractivity (Wildman–Crippen MR) is 98.5 cm³/mol. The van der Waals surface area contributed by atoms with Crippen LogP contribution in [0.25, 0.3) is 10.9 Å². The van der Waals surface area contributed by atoms with Gasteiger partial charge in [-0.1, -0.05) is 41.9 Å². The Bertz CT molecular complexity index is 970. The minimum absolute atomic E-state index is 0.107. The molecule has 0 saturated carbocycles. The molecular weight excluding hydrogens is 352 g/mol. The lowest BCUT2D eigenvalue weighted by molar-refractivity contribution is -0.135. The van der Waals surface area contributed by atoms with Crippen LogP contribution < -0.4 is 5.32 Å². The zero-order valence-electron chi connectivity index (χ0n) is 13.9. The van der Waals surface area contributed by atoms with Crippen molar-refractivity contribution in [2.75, 3.05) is 0 Å². The van der Waals surface area contributed by atoms with Crippen molar-refractivity contribution < 1.29 is 9.59 Å². The number of benzene rings is 2. The number of carbonyl (C=O) groups excluding carboxylic acids is 2. The summed E-state index contributed by atoms with van der Waals surface area (Å²) in [5, 5.41) is 11.1. The third kappa shape index (κ3) is 2.93. The number of halogens is 1. The predicted octanol–water partition coefficient (Wildman–Crippen LogP) is 2.42. The first-order valence-electron chi connectivity index (χ1n) is 8.33. The summed E-state index contributed by atoms with van der Waals surface area (Å²) in [5.74, 6) is -0.107. The molecule has 1 atom stereocenters. The molecule has 0 fully saturated rings. The van der Waals surface area contributed by atoms with Crippen LogP contribution in [0.4, 0.5) is 0 Å². The molecule has 0 spiro atoms. The van der Waals surface area contributed by atoms with Crippen LogP contribution in [0.1, 0.15) is 16.7 Å². The molecule has 0 saturated heterocycles. The molecule has 132 valence electrons. The molecule has 2 aromatic carbocycles. The van der Waals surface area contributed by atoms with Gasteiger partial charge >= 0.3 is 0 Å². The first-order valence-corrected chi connectivity index (χ1v) is 8.71. The number of H-pyrrole nitrogens is 1. The number of hydrogen-bond acceptors (Lipinski definition) is 3. The van der Waals surface area contributed by atoms with E-state index in [0.29, 0.717) is 30.9 Å². The smallest absolute Gasteiger partial charge is 0.246 e. The summed E-state index contributed by atoms with van der Waals surface area (Å²) >= 11 is 6.36. The van der Waals surface area contributed by atoms with Crippen LogP contribution in [0.3, 0.4) is 0 Å². The lowest BCUT2D eigenvalue weighted by Crippen LogP contribution is -2.45. The van der Waals surface area contributed by atoms with Gasteiger partial charge in [0.15, 0.2) is 0 Å². The van der Waals surface area contributed by atoms with Gasteiger partial charge in [-0.2, -0.15) is 5.10 Å². The van der Waals surface area contributed by atoms with Crippen molar-refractivity contribution in [1.29, 1.82) is 0 Å². The van der Waals surface area contributed by atoms with Gasteiger partial charge in [-0.05, 0) is 22.8 Å². The Morgan fingerprint density at radius 2 is 2.15 bits per heavy atom. The third-order valence-corrected chi connectivity index (χ3v) is 5.06. The van der Waals surface area contributed by atoms with Gasteiger partial charge in [0.05, 0.1) is 16.7 Å². The molecule has 3 aromatic rings. The van der Waals surface area contributed by atoms with E-state index in [1.807, 2.05) is 36.4 Å². The van der Waals surface area contributed by atoms with Gasteiger partial charge in [-0.3, -0.25) is 14.7 Å². The van der Waals surface area contributed by atoms with Crippen molar-refractivity contribution in [1.82, 2.24) is 20.4 Å². The van der Waals surface area contributed by atoms with E-state index < -0.39 is 6.04 Å². The summed E-state index contributed by atoms with van der Waals surface area (Å²) in [4.78, 5) is 25.8. The van der Waals surface area contributed by atoms with E-state index in [9.17, 15) is 9.59 Å². The number of aromatic nitrogens is 2. The summed E-state index contributed by atoms with van der Waals surface area (Å²) in [6, 6.07) is 11.0. The average Bonchev–Trinajstić information content (AvgIpc) is 3.10. The zero-order chi connectivity index (χ0) is 18.1. The highest BCUT2D eigenvalue weighted by molar-refractivity contribution is 6.35. The molecule has 0 bridgehead atoms. The lowest BCUT2D eigenvalue weighted by atomic mass is 9.99. The van der Waals surface area contributed by atoms with Crippen LogP contribution in [-0.2, 0) is 29.1 Å². The Morgan fingerprint density at radius 1 is 1.35 bits per heavy atom. The average molecular weight is 369 g/mol. The van der Waals surface area contributed by atoms with Gasteiger partial charge in [0.2, 0.25) is 12.3 Å². The maximum atomic E-state index is 13.0. The summed E-state index contributed by atoms with van der Waals surface area (Å²) < 4.78 is 0. The summed E-state index contributed by atoms with van der Waals surface area (Å²) in [6.45, 7) is 0.908. The maximum Gasteiger partial charge on any atom is 0.246 e. The fourth-order valence-corrected chi connectivity index (χ4v) is 3.77. The highest BCUT2D eigenvalue weighted by Crippen LogP contribution is 2.32. The van der Waals surface area contributed by atoms with Crippen LogP contribution in [-0.4, -0.2) is 33.5 Å². The van der Waals surface area contributed by atoms with Gasteiger partial charge in [0.25, 0.3) is 0 Å². The number of nitrogens with zero attached hydrogens (tertiary/aromatic N) is 2. The number of aromatic amines is 1. The van der Waals surface area contributed by atoms with E-state index in [2.05, 4.69) is 15.5 Å². The molecule has 2 heterocycles. The fraction of sp³-hybridized carbons (Fsp3) is 0.211. The molecule has 0 radical (unpaired) electrons. The number of rotatable bonds is 4. The minimum atomic E-state index is -0.613. The van der Waals surface area contributed by atoms with Crippen molar-refractivity contribution in [3.05, 3.63) is 64.3 Å². The van der Waals surface area contributed by atoms with Crippen molar-refractivity contribution >= 4 is 34.8 Å². The van der Waals surface area contributed by atoms with E-state index >= 15 is 0 Å². The number of carbonyl (C=O) groups is 2. The first kappa shape index (κ1) is 16.6. The lowest BCUT2D eigenvalue weighted by Gasteiger charge is -2.24. The normalized spacial score (nSPS) is 17.0. The van der Waals surface area contributed by atoms with E-state index in [0.717, 1.165) is 27.6 Å². The fourth-order valence-electron chi connectivity index (χ4n) is 3.50. The molecule has 4 rings (SSSR count). The van der Waals surface area contributed by atoms with E-state index in [1.165, 1.54) is 0 Å². The van der Waals surface area contributed by atoms with Crippen molar-refractivity contribution in [2.24, 2.45) is 0 Å². The van der Waals surface area contributed by atoms with Gasteiger partial charge in [0, 0.05) is 24.9 Å². The maximum absolute atomic E-state index is 13.0. The van der Waals surface area contributed by atoms with Gasteiger partial charge < -0.3 is 10.2 Å². The van der Waals surface area contributed by atoms with E-state index in [-0.39, 0.29) is 5.91 Å². The Morgan fingerprint density at radius 3 is 2.92 bits per heavy atom. The number of amides is 2. The molecular formula is C19H17ClN4O2. The molecule has 1 aromatic heterocycles. The minimum Gasteiger partial charge on any atom is -0.347 e. The first-order chi connectivity index (χ1) is 12.7. The highest BCUT2D eigenvalue weighted by atomic mass is 35.5. The summed E-state index contributed by atoms with van der Waals surface area (Å²) in [7, 11) is 0. The molecule has 0 unspecified atom stereocenters. The molecule has 0 aliphatic carbocycles. The Balaban J connectivity index is 1.79. The monoisotopic (exact) mass is 368 g/mol. The van der Waals surface area contributed by atoms with Crippen LogP contribution in [0.2, 0.25) is 5.02 Å². The SMILES string of the molecule is O=CN[C@@H]1Cc2cc(Cl)c3[nH]ncc3c2CN(Cc2ccccc2)C1=O. The molecule has 6 nitrogen and oxygen atoms in total. The molecule has 2 amide bonds. The zero-order valence-corrected chi connectivity index (χ0v) is 14.7. The molecule has 2 N–H and O–H groups in total. The second kappa shape index (κ2) is 6.80. The van der Waals surface area contributed by atoms with Gasteiger partial charge in [-0.15, -0.1) is 0 Å². The highest BCUT2D eigenvalue weighted by Gasteiger charge is 2.31. The van der Waals surface area contributed by atoms with Crippen LogP contribution in [0.15, 0.2) is 42.6 Å². The Hall–Kier alpha value is -2.86. The quantitative estimate of drug-likeness (QED) is 0.694. The Kier molecular flexibility index (Phi) is 4.34. The van der Waals surface area contributed by atoms with Gasteiger partial charge in [-0.25, -0.2) is 0 Å². The van der Waals surface area contributed by atoms with Gasteiger partial charge in [0.1, 0.15) is 6.04 Å². The number of nitrogens with one attached hydrogen (secondary N) is 2. The van der Waals surface area contributed by atoms with Crippen molar-refractivity contribution in [3.63, 3.8) is 0 Å².